The van der Waals surface area contributed by atoms with Gasteiger partial charge < -0.3 is 40.5 Å². The van der Waals surface area contributed by atoms with Gasteiger partial charge in [-0.05, 0) is 0 Å². The van der Waals surface area contributed by atoms with Gasteiger partial charge in [0.25, 0.3) is 5.79 Å². The molecule has 0 spiro atoms. The highest BCUT2D eigenvalue weighted by atomic mass is 16.7. The molecule has 9 nitrogen and oxygen atoms in total. The first kappa shape index (κ1) is 15.2. The maximum Gasteiger partial charge on any atom is 0.364 e. The molecule has 0 saturated carbocycles. The number of hydrogen-bond donors (Lipinski definition) is 7. The summed E-state index contributed by atoms with van der Waals surface area (Å²) in [6.07, 6.45) is -9.50. The third kappa shape index (κ3) is 2.78. The summed E-state index contributed by atoms with van der Waals surface area (Å²) >= 11 is 0. The van der Waals surface area contributed by atoms with E-state index in [2.05, 4.69) is 4.74 Å². The number of carboxylic acids is 1. The van der Waals surface area contributed by atoms with E-state index in [-0.39, 0.29) is 0 Å². The fraction of sp³-hybridized carbons (Fsp3) is 0.889. The highest BCUT2D eigenvalue weighted by Gasteiger charge is 2.53. The summed E-state index contributed by atoms with van der Waals surface area (Å²) in [5.41, 5.74) is 0. The maximum atomic E-state index is 10.8. The van der Waals surface area contributed by atoms with Crippen LogP contribution >= 0.6 is 0 Å². The van der Waals surface area contributed by atoms with E-state index >= 15 is 0 Å². The largest absolute Gasteiger partial charge is 0.477 e. The van der Waals surface area contributed by atoms with Gasteiger partial charge in [0.15, 0.2) is 0 Å². The first-order valence-electron chi connectivity index (χ1n) is 5.19. The Labute approximate surface area is 101 Å². The van der Waals surface area contributed by atoms with Crippen LogP contribution in [0.15, 0.2) is 0 Å². The summed E-state index contributed by atoms with van der Waals surface area (Å²) in [7, 11) is 0. The lowest BCUT2D eigenvalue weighted by Gasteiger charge is -2.42. The van der Waals surface area contributed by atoms with Crippen molar-refractivity contribution in [1.29, 1.82) is 0 Å². The zero-order valence-electron chi connectivity index (χ0n) is 9.25. The van der Waals surface area contributed by atoms with E-state index in [4.69, 9.17) is 10.2 Å². The number of carbonyl (C=O) groups is 1. The Balaban J connectivity index is 2.92. The molecule has 0 aliphatic carbocycles. The van der Waals surface area contributed by atoms with Gasteiger partial charge in [-0.25, -0.2) is 4.79 Å². The van der Waals surface area contributed by atoms with Crippen molar-refractivity contribution in [3.05, 3.63) is 0 Å². The average Bonchev–Trinajstić information content (AvgIpc) is 2.31. The van der Waals surface area contributed by atoms with Gasteiger partial charge in [0.05, 0.1) is 12.7 Å². The van der Waals surface area contributed by atoms with Crippen LogP contribution in [0.3, 0.4) is 0 Å². The average molecular weight is 268 g/mol. The number of aliphatic hydroxyl groups excluding tert-OH is 5. The van der Waals surface area contributed by atoms with E-state index in [1.807, 2.05) is 0 Å². The van der Waals surface area contributed by atoms with Gasteiger partial charge in [0.1, 0.15) is 24.4 Å². The summed E-state index contributed by atoms with van der Waals surface area (Å²) in [5.74, 6) is -4.58. The molecule has 0 aromatic heterocycles. The zero-order valence-corrected chi connectivity index (χ0v) is 9.25. The van der Waals surface area contributed by atoms with Crippen LogP contribution in [0.1, 0.15) is 6.42 Å². The molecule has 1 fully saturated rings. The van der Waals surface area contributed by atoms with Crippen molar-refractivity contribution in [3.8, 4) is 0 Å². The number of rotatable bonds is 4. The third-order valence-electron chi connectivity index (χ3n) is 2.80. The summed E-state index contributed by atoms with van der Waals surface area (Å²) < 4.78 is 4.63. The predicted molar refractivity (Wildman–Crippen MR) is 53.2 cm³/mol. The Bertz CT molecular complexity index is 308. The van der Waals surface area contributed by atoms with Crippen LogP contribution in [0.2, 0.25) is 0 Å². The lowest BCUT2D eigenvalue weighted by atomic mass is 9.91. The minimum atomic E-state index is -2.78. The number of ether oxygens (including phenoxy) is 1. The van der Waals surface area contributed by atoms with Gasteiger partial charge in [-0.2, -0.15) is 0 Å². The van der Waals surface area contributed by atoms with Crippen LogP contribution in [-0.2, 0) is 9.53 Å². The molecule has 1 aliphatic heterocycles. The second-order valence-electron chi connectivity index (χ2n) is 4.17. The van der Waals surface area contributed by atoms with Gasteiger partial charge >= 0.3 is 5.97 Å². The second-order valence-corrected chi connectivity index (χ2v) is 4.17. The molecule has 7 N–H and O–H groups in total. The highest BCUT2D eigenvalue weighted by Crippen LogP contribution is 2.30. The minimum absolute atomic E-state index is 0.790. The molecule has 0 aromatic rings. The Morgan fingerprint density at radius 2 is 1.94 bits per heavy atom. The minimum Gasteiger partial charge on any atom is -0.477 e. The maximum absolute atomic E-state index is 10.8. The molecule has 1 saturated heterocycles. The SMILES string of the molecule is O=C(O)C1(O)C[C@H](O)[C@H](O)[C@H]([C@H](O)[C@H](O)CO)O1. The Morgan fingerprint density at radius 3 is 2.39 bits per heavy atom. The molecule has 0 amide bonds. The topological polar surface area (TPSA) is 168 Å². The van der Waals surface area contributed by atoms with E-state index in [9.17, 15) is 30.3 Å². The molecule has 6 atom stereocenters. The van der Waals surface area contributed by atoms with Crippen molar-refractivity contribution in [2.45, 2.75) is 42.7 Å². The van der Waals surface area contributed by atoms with Gasteiger partial charge in [0.2, 0.25) is 0 Å². The smallest absolute Gasteiger partial charge is 0.364 e. The summed E-state index contributed by atoms with van der Waals surface area (Å²) in [6.45, 7) is -0.866. The number of aliphatic carboxylic acids is 1. The first-order valence-corrected chi connectivity index (χ1v) is 5.19. The molecule has 106 valence electrons. The summed E-state index contributed by atoms with van der Waals surface area (Å²) in [5, 5.41) is 64.6. The first-order chi connectivity index (χ1) is 8.23. The fourth-order valence-corrected chi connectivity index (χ4v) is 1.70. The monoisotopic (exact) mass is 268 g/mol. The van der Waals surface area contributed by atoms with E-state index in [0.717, 1.165) is 0 Å². The summed E-state index contributed by atoms with van der Waals surface area (Å²) in [4.78, 5) is 10.8. The molecule has 1 rings (SSSR count). The van der Waals surface area contributed by atoms with Gasteiger partial charge in [-0.15, -0.1) is 0 Å². The van der Waals surface area contributed by atoms with Crippen molar-refractivity contribution < 1.29 is 45.3 Å². The van der Waals surface area contributed by atoms with Crippen LogP contribution < -0.4 is 0 Å². The van der Waals surface area contributed by atoms with Crippen LogP contribution in [0.5, 0.6) is 0 Å². The molecular weight excluding hydrogens is 252 g/mol. The molecular formula is C9H16O9. The van der Waals surface area contributed by atoms with Gasteiger partial charge in [-0.3, -0.25) is 0 Å². The van der Waals surface area contributed by atoms with E-state index in [0.29, 0.717) is 0 Å². The van der Waals surface area contributed by atoms with Crippen molar-refractivity contribution in [3.63, 3.8) is 0 Å². The lowest BCUT2D eigenvalue weighted by molar-refractivity contribution is -0.312. The fourth-order valence-electron chi connectivity index (χ4n) is 1.70. The molecule has 0 bridgehead atoms. The lowest BCUT2D eigenvalue weighted by Crippen LogP contribution is -2.63. The molecule has 18 heavy (non-hydrogen) atoms. The van der Waals surface area contributed by atoms with E-state index in [1.54, 1.807) is 0 Å². The molecule has 1 unspecified atom stereocenters. The van der Waals surface area contributed by atoms with Crippen molar-refractivity contribution >= 4 is 5.97 Å². The van der Waals surface area contributed by atoms with Crippen LogP contribution in [0.4, 0.5) is 0 Å². The van der Waals surface area contributed by atoms with Crippen LogP contribution in [0, 0.1) is 0 Å². The van der Waals surface area contributed by atoms with Gasteiger partial charge in [0, 0.05) is 6.42 Å². The van der Waals surface area contributed by atoms with E-state index in [1.165, 1.54) is 0 Å². The quantitative estimate of drug-likeness (QED) is 0.268. The van der Waals surface area contributed by atoms with Crippen LogP contribution in [0.25, 0.3) is 0 Å². The molecule has 9 heteroatoms. The number of carboxylic acid groups (broad SMARTS) is 1. The standard InChI is InChI=1S/C9H16O9/c10-2-4(12)6(14)7-5(13)3(11)1-9(17,18-7)8(15)16/h3-7,10-14,17H,1-2H2,(H,15,16)/t3-,4+,5-,6+,7+,9?/m0/s1. The van der Waals surface area contributed by atoms with Gasteiger partial charge in [-0.1, -0.05) is 0 Å². The number of hydrogen-bond acceptors (Lipinski definition) is 8. The normalized spacial score (nSPS) is 40.2. The molecule has 0 radical (unpaired) electrons. The predicted octanol–water partition coefficient (Wildman–Crippen LogP) is -4.02. The Kier molecular flexibility index (Phi) is 4.61. The Hall–Kier alpha value is -0.810. The Morgan fingerprint density at radius 1 is 1.39 bits per heavy atom. The van der Waals surface area contributed by atoms with Crippen molar-refractivity contribution in [2.75, 3.05) is 6.61 Å². The van der Waals surface area contributed by atoms with Crippen molar-refractivity contribution in [1.82, 2.24) is 0 Å². The molecule has 1 aliphatic rings. The molecule has 0 aromatic carbocycles. The zero-order chi connectivity index (χ0) is 14.1. The van der Waals surface area contributed by atoms with Crippen molar-refractivity contribution in [2.24, 2.45) is 0 Å². The molecule has 1 heterocycles. The highest BCUT2D eigenvalue weighted by molar-refractivity contribution is 5.75. The summed E-state index contributed by atoms with van der Waals surface area (Å²) in [6, 6.07) is 0. The van der Waals surface area contributed by atoms with E-state index < -0.39 is 55.3 Å². The van der Waals surface area contributed by atoms with Crippen LogP contribution in [-0.4, -0.2) is 84.6 Å². The third-order valence-corrected chi connectivity index (χ3v) is 2.80. The second kappa shape index (κ2) is 5.45. The number of aliphatic hydroxyl groups is 6.